The van der Waals surface area contributed by atoms with E-state index in [0.717, 1.165) is 6.54 Å². The topological polar surface area (TPSA) is 81.8 Å². The Hall–Kier alpha value is -0.860. The van der Waals surface area contributed by atoms with Gasteiger partial charge in [0.05, 0.1) is 5.25 Å². The molecule has 112 valence electrons. The number of piperazine rings is 1. The molecule has 0 radical (unpaired) electrons. The minimum Gasteiger partial charge on any atom is -0.341 e. The van der Waals surface area contributed by atoms with E-state index in [0.29, 0.717) is 32.7 Å². The Morgan fingerprint density at radius 1 is 1.21 bits per heavy atom. The first-order valence-corrected chi connectivity index (χ1v) is 8.05. The molecular weight excluding hydrogens is 268 g/mol. The molecule has 0 unspecified atom stereocenters. The summed E-state index contributed by atoms with van der Waals surface area (Å²) >= 11 is 0. The van der Waals surface area contributed by atoms with Crippen LogP contribution in [0.3, 0.4) is 0 Å². The largest absolute Gasteiger partial charge is 0.341 e. The zero-order valence-electron chi connectivity index (χ0n) is 11.8. The summed E-state index contributed by atoms with van der Waals surface area (Å²) in [4.78, 5) is 13.1. The van der Waals surface area contributed by atoms with Crippen LogP contribution in [0.25, 0.3) is 0 Å². The van der Waals surface area contributed by atoms with Crippen LogP contribution in [0.4, 0.5) is 4.79 Å². The number of carbonyl (C=O) groups excluding carboxylic acids is 1. The van der Waals surface area contributed by atoms with Gasteiger partial charge in [0.2, 0.25) is 10.0 Å². The number of hydrogen-bond donors (Lipinski definition) is 2. The summed E-state index contributed by atoms with van der Waals surface area (Å²) in [6, 6.07) is -0.193. The van der Waals surface area contributed by atoms with Gasteiger partial charge in [0.1, 0.15) is 0 Å². The van der Waals surface area contributed by atoms with Gasteiger partial charge in [-0.25, -0.2) is 13.2 Å². The van der Waals surface area contributed by atoms with E-state index in [9.17, 15) is 13.2 Å². The van der Waals surface area contributed by atoms with Gasteiger partial charge in [0.15, 0.2) is 0 Å². The number of nitrogens with zero attached hydrogens (tertiary/aromatic N) is 2. The van der Waals surface area contributed by atoms with Crippen LogP contribution < -0.4 is 10.6 Å². The van der Waals surface area contributed by atoms with Crippen molar-refractivity contribution in [1.82, 2.24) is 19.8 Å². The Kier molecular flexibility index (Phi) is 6.02. The number of rotatable bonds is 5. The quantitative estimate of drug-likeness (QED) is 0.700. The van der Waals surface area contributed by atoms with Crippen molar-refractivity contribution in [3.05, 3.63) is 0 Å². The van der Waals surface area contributed by atoms with Crippen molar-refractivity contribution in [2.24, 2.45) is 0 Å². The second kappa shape index (κ2) is 7.06. The molecule has 1 aliphatic heterocycles. The van der Waals surface area contributed by atoms with Crippen molar-refractivity contribution in [3.63, 3.8) is 0 Å². The maximum atomic E-state index is 12.0. The third-order valence-electron chi connectivity index (χ3n) is 3.23. The Morgan fingerprint density at radius 3 is 2.26 bits per heavy atom. The molecule has 0 atom stereocenters. The molecule has 0 spiro atoms. The van der Waals surface area contributed by atoms with Crippen LogP contribution >= 0.6 is 0 Å². The van der Waals surface area contributed by atoms with Gasteiger partial charge in [-0.1, -0.05) is 0 Å². The maximum Gasteiger partial charge on any atom is 0.314 e. The molecule has 8 heteroatoms. The van der Waals surface area contributed by atoms with Crippen LogP contribution in [0.15, 0.2) is 0 Å². The van der Waals surface area contributed by atoms with Crippen LogP contribution in [-0.2, 0) is 10.0 Å². The van der Waals surface area contributed by atoms with Crippen molar-refractivity contribution in [2.45, 2.75) is 19.1 Å². The van der Waals surface area contributed by atoms with Gasteiger partial charge in [-0.15, -0.1) is 0 Å². The Bertz CT molecular complexity index is 389. The molecule has 1 heterocycles. The van der Waals surface area contributed by atoms with Crippen LogP contribution in [0, 0.1) is 0 Å². The SMILES string of the molecule is CNC(=O)NCCN1CCN(S(=O)(=O)C(C)C)CC1. The zero-order chi connectivity index (χ0) is 14.5. The normalized spacial score (nSPS) is 18.5. The highest BCUT2D eigenvalue weighted by atomic mass is 32.2. The smallest absolute Gasteiger partial charge is 0.314 e. The molecule has 1 rings (SSSR count). The van der Waals surface area contributed by atoms with E-state index in [4.69, 9.17) is 0 Å². The lowest BCUT2D eigenvalue weighted by atomic mass is 10.3. The molecular formula is C11H24N4O3S. The first-order valence-electron chi connectivity index (χ1n) is 6.55. The first kappa shape index (κ1) is 16.2. The summed E-state index contributed by atoms with van der Waals surface area (Å²) in [6.07, 6.45) is 0. The van der Waals surface area contributed by atoms with E-state index < -0.39 is 10.0 Å². The third-order valence-corrected chi connectivity index (χ3v) is 5.50. The van der Waals surface area contributed by atoms with Gasteiger partial charge in [0.25, 0.3) is 0 Å². The molecule has 0 aromatic rings. The van der Waals surface area contributed by atoms with Crippen molar-refractivity contribution in [1.29, 1.82) is 0 Å². The third kappa shape index (κ3) is 4.63. The lowest BCUT2D eigenvalue weighted by molar-refractivity contribution is 0.187. The first-order chi connectivity index (χ1) is 8.87. The number of sulfonamides is 1. The van der Waals surface area contributed by atoms with Crippen molar-refractivity contribution < 1.29 is 13.2 Å². The highest BCUT2D eigenvalue weighted by Crippen LogP contribution is 2.11. The number of urea groups is 1. The van der Waals surface area contributed by atoms with Gasteiger partial charge >= 0.3 is 6.03 Å². The fourth-order valence-corrected chi connectivity index (χ4v) is 3.19. The molecule has 1 saturated heterocycles. The fraction of sp³-hybridized carbons (Fsp3) is 0.909. The van der Waals surface area contributed by atoms with Crippen LogP contribution in [0.5, 0.6) is 0 Å². The monoisotopic (exact) mass is 292 g/mol. The zero-order valence-corrected chi connectivity index (χ0v) is 12.7. The van der Waals surface area contributed by atoms with Gasteiger partial charge in [0, 0.05) is 46.3 Å². The Balaban J connectivity index is 2.32. The molecule has 0 aliphatic carbocycles. The molecule has 2 amide bonds. The Morgan fingerprint density at radius 2 is 1.79 bits per heavy atom. The highest BCUT2D eigenvalue weighted by Gasteiger charge is 2.28. The molecule has 0 aromatic heterocycles. The van der Waals surface area contributed by atoms with Gasteiger partial charge in [-0.05, 0) is 13.8 Å². The Labute approximate surface area is 115 Å². The van der Waals surface area contributed by atoms with E-state index in [-0.39, 0.29) is 11.3 Å². The number of hydrogen-bond acceptors (Lipinski definition) is 4. The minimum absolute atomic E-state index is 0.193. The standard InChI is InChI=1S/C11H24N4O3S/c1-10(2)19(17,18)15-8-6-14(7-9-15)5-4-13-11(16)12-3/h10H,4-9H2,1-3H3,(H2,12,13,16). The molecule has 0 saturated carbocycles. The van der Waals surface area contributed by atoms with Crippen molar-refractivity contribution in [3.8, 4) is 0 Å². The molecule has 1 fully saturated rings. The fourth-order valence-electron chi connectivity index (χ4n) is 1.92. The van der Waals surface area contributed by atoms with Gasteiger partial charge in [-0.2, -0.15) is 4.31 Å². The molecule has 2 N–H and O–H groups in total. The van der Waals surface area contributed by atoms with E-state index in [2.05, 4.69) is 15.5 Å². The average Bonchev–Trinajstić information content (AvgIpc) is 2.39. The predicted octanol–water partition coefficient (Wildman–Crippen LogP) is -0.729. The summed E-state index contributed by atoms with van der Waals surface area (Å²) in [5.74, 6) is 0. The highest BCUT2D eigenvalue weighted by molar-refractivity contribution is 7.89. The second-order valence-electron chi connectivity index (χ2n) is 4.84. The summed E-state index contributed by atoms with van der Waals surface area (Å²) in [5, 5.41) is 4.84. The molecule has 19 heavy (non-hydrogen) atoms. The van der Waals surface area contributed by atoms with Gasteiger partial charge < -0.3 is 10.6 Å². The molecule has 7 nitrogen and oxygen atoms in total. The van der Waals surface area contributed by atoms with Gasteiger partial charge in [-0.3, -0.25) is 4.90 Å². The van der Waals surface area contributed by atoms with E-state index >= 15 is 0 Å². The minimum atomic E-state index is -3.13. The van der Waals surface area contributed by atoms with E-state index in [1.807, 2.05) is 0 Å². The average molecular weight is 292 g/mol. The van der Waals surface area contributed by atoms with Crippen LogP contribution in [-0.4, -0.2) is 75.2 Å². The van der Waals surface area contributed by atoms with Crippen LogP contribution in [0.2, 0.25) is 0 Å². The summed E-state index contributed by atoms with van der Waals surface area (Å²) in [6.45, 7) is 7.19. The molecule has 0 aromatic carbocycles. The lowest BCUT2D eigenvalue weighted by Gasteiger charge is -2.34. The molecule has 0 bridgehead atoms. The summed E-state index contributed by atoms with van der Waals surface area (Å²) in [7, 11) is -1.56. The summed E-state index contributed by atoms with van der Waals surface area (Å²) < 4.78 is 25.5. The molecule has 1 aliphatic rings. The predicted molar refractivity (Wildman–Crippen MR) is 74.5 cm³/mol. The summed E-state index contributed by atoms with van der Waals surface area (Å²) in [5.41, 5.74) is 0. The van der Waals surface area contributed by atoms with Crippen molar-refractivity contribution >= 4 is 16.1 Å². The number of carbonyl (C=O) groups is 1. The van der Waals surface area contributed by atoms with E-state index in [1.54, 1.807) is 25.2 Å². The van der Waals surface area contributed by atoms with E-state index in [1.165, 1.54) is 0 Å². The van der Waals surface area contributed by atoms with Crippen LogP contribution in [0.1, 0.15) is 13.8 Å². The number of amides is 2. The number of nitrogens with one attached hydrogen (secondary N) is 2. The second-order valence-corrected chi connectivity index (χ2v) is 7.33. The van der Waals surface area contributed by atoms with Crippen molar-refractivity contribution in [2.75, 3.05) is 46.3 Å². The lowest BCUT2D eigenvalue weighted by Crippen LogP contribution is -2.51. The maximum absolute atomic E-state index is 12.0.